The van der Waals surface area contributed by atoms with E-state index in [0.717, 1.165) is 5.69 Å². The zero-order valence-corrected chi connectivity index (χ0v) is 14.7. The van der Waals surface area contributed by atoms with Gasteiger partial charge in [-0.3, -0.25) is 0 Å². The van der Waals surface area contributed by atoms with Gasteiger partial charge in [0.1, 0.15) is 11.6 Å². The number of hydrogen-bond donors (Lipinski definition) is 2. The van der Waals surface area contributed by atoms with Gasteiger partial charge < -0.3 is 24.8 Å². The number of nitrogens with one attached hydrogen (secondary N) is 2. The van der Waals surface area contributed by atoms with Crippen molar-refractivity contribution < 1.29 is 14.2 Å². The third-order valence-corrected chi connectivity index (χ3v) is 3.50. The second kappa shape index (κ2) is 8.02. The van der Waals surface area contributed by atoms with Crippen LogP contribution in [0.5, 0.6) is 17.2 Å². The third-order valence-electron chi connectivity index (χ3n) is 3.50. The summed E-state index contributed by atoms with van der Waals surface area (Å²) in [6, 6.07) is 10.9. The minimum atomic E-state index is 0.432. The predicted octanol–water partition coefficient (Wildman–Crippen LogP) is 3.38. The lowest BCUT2D eigenvalue weighted by Gasteiger charge is -2.15. The Morgan fingerprint density at radius 2 is 1.54 bits per heavy atom. The Kier molecular flexibility index (Phi) is 5.33. The molecule has 2 N–H and O–H groups in total. The summed E-state index contributed by atoms with van der Waals surface area (Å²) < 4.78 is 16.1. The van der Waals surface area contributed by atoms with E-state index in [2.05, 4.69) is 25.6 Å². The molecule has 26 heavy (non-hydrogen) atoms. The number of rotatable bonds is 7. The maximum absolute atomic E-state index is 5.36. The molecule has 0 radical (unpaired) electrons. The van der Waals surface area contributed by atoms with Crippen LogP contribution >= 0.6 is 0 Å². The van der Waals surface area contributed by atoms with Gasteiger partial charge in [-0.25, -0.2) is 9.97 Å². The van der Waals surface area contributed by atoms with Crippen LogP contribution in [-0.2, 0) is 0 Å². The Bertz CT molecular complexity index is 849. The number of hydrogen-bond acceptors (Lipinski definition) is 8. The molecule has 0 aliphatic heterocycles. The second-order valence-electron chi connectivity index (χ2n) is 5.14. The van der Waals surface area contributed by atoms with Crippen LogP contribution in [0.15, 0.2) is 48.8 Å². The molecule has 0 aliphatic rings. The highest BCUT2D eigenvalue weighted by molar-refractivity contribution is 5.67. The van der Waals surface area contributed by atoms with Gasteiger partial charge in [0.15, 0.2) is 11.5 Å². The largest absolute Gasteiger partial charge is 0.493 e. The van der Waals surface area contributed by atoms with E-state index < -0.39 is 0 Å². The number of benzene rings is 1. The molecule has 2 aromatic heterocycles. The van der Waals surface area contributed by atoms with Gasteiger partial charge in [0.25, 0.3) is 0 Å². The molecule has 3 rings (SSSR count). The van der Waals surface area contributed by atoms with Gasteiger partial charge in [0.2, 0.25) is 11.7 Å². The first kappa shape index (κ1) is 17.3. The fraction of sp³-hybridized carbons (Fsp3) is 0.167. The van der Waals surface area contributed by atoms with Crippen LogP contribution in [0.3, 0.4) is 0 Å². The first-order valence-electron chi connectivity index (χ1n) is 7.81. The molecule has 0 saturated carbocycles. The van der Waals surface area contributed by atoms with Crippen LogP contribution in [0.25, 0.3) is 0 Å². The average molecular weight is 353 g/mol. The number of anilines is 4. The van der Waals surface area contributed by atoms with Crippen molar-refractivity contribution in [2.24, 2.45) is 0 Å². The van der Waals surface area contributed by atoms with Crippen LogP contribution in [0.1, 0.15) is 0 Å². The van der Waals surface area contributed by atoms with Crippen molar-refractivity contribution in [2.75, 3.05) is 32.0 Å². The molecule has 0 unspecified atom stereocenters. The molecule has 0 bridgehead atoms. The molecule has 134 valence electrons. The Balaban J connectivity index is 1.84. The molecule has 8 nitrogen and oxygen atoms in total. The molecule has 0 amide bonds. The van der Waals surface area contributed by atoms with Gasteiger partial charge in [0, 0.05) is 30.2 Å². The number of aromatic nitrogens is 3. The highest BCUT2D eigenvalue weighted by atomic mass is 16.5. The molecule has 0 fully saturated rings. The summed E-state index contributed by atoms with van der Waals surface area (Å²) in [6.07, 6.45) is 3.35. The summed E-state index contributed by atoms with van der Waals surface area (Å²) in [4.78, 5) is 12.8. The Morgan fingerprint density at radius 3 is 2.15 bits per heavy atom. The van der Waals surface area contributed by atoms with Crippen molar-refractivity contribution in [3.63, 3.8) is 0 Å². The lowest BCUT2D eigenvalue weighted by molar-refractivity contribution is 0.324. The molecule has 0 saturated heterocycles. The lowest BCUT2D eigenvalue weighted by atomic mass is 10.2. The van der Waals surface area contributed by atoms with Crippen LogP contribution in [0.4, 0.5) is 23.3 Å². The van der Waals surface area contributed by atoms with Crippen molar-refractivity contribution >= 4 is 23.3 Å². The molecular weight excluding hydrogens is 334 g/mol. The monoisotopic (exact) mass is 353 g/mol. The van der Waals surface area contributed by atoms with Crippen LogP contribution in [-0.4, -0.2) is 36.3 Å². The summed E-state index contributed by atoms with van der Waals surface area (Å²) in [7, 11) is 4.70. The fourth-order valence-corrected chi connectivity index (χ4v) is 2.34. The number of methoxy groups -OCH3 is 3. The minimum absolute atomic E-state index is 0.432. The van der Waals surface area contributed by atoms with Gasteiger partial charge in [-0.1, -0.05) is 6.07 Å². The van der Waals surface area contributed by atoms with E-state index in [0.29, 0.717) is 34.8 Å². The second-order valence-corrected chi connectivity index (χ2v) is 5.14. The van der Waals surface area contributed by atoms with Crippen molar-refractivity contribution in [3.05, 3.63) is 48.8 Å². The zero-order chi connectivity index (χ0) is 18.4. The van der Waals surface area contributed by atoms with E-state index in [1.54, 1.807) is 51.9 Å². The Labute approximate surface area is 151 Å². The summed E-state index contributed by atoms with van der Waals surface area (Å²) in [5, 5.41) is 6.25. The smallest absolute Gasteiger partial charge is 0.230 e. The van der Waals surface area contributed by atoms with Crippen molar-refractivity contribution in [1.82, 2.24) is 15.0 Å². The van der Waals surface area contributed by atoms with Crippen molar-refractivity contribution in [2.45, 2.75) is 0 Å². The number of pyridine rings is 1. The molecule has 3 aromatic rings. The van der Waals surface area contributed by atoms with E-state index in [9.17, 15) is 0 Å². The summed E-state index contributed by atoms with van der Waals surface area (Å²) in [6.45, 7) is 0. The van der Waals surface area contributed by atoms with Crippen molar-refractivity contribution in [1.29, 1.82) is 0 Å². The maximum Gasteiger partial charge on any atom is 0.230 e. The molecular formula is C18H19N5O3. The fourth-order valence-electron chi connectivity index (χ4n) is 2.34. The molecule has 2 heterocycles. The molecule has 1 aromatic carbocycles. The van der Waals surface area contributed by atoms with Gasteiger partial charge in [-0.15, -0.1) is 0 Å². The number of nitrogens with zero attached hydrogens (tertiary/aromatic N) is 3. The van der Waals surface area contributed by atoms with Gasteiger partial charge in [-0.05, 0) is 18.2 Å². The van der Waals surface area contributed by atoms with E-state index in [1.165, 1.54) is 0 Å². The quantitative estimate of drug-likeness (QED) is 0.668. The molecule has 0 atom stereocenters. The van der Waals surface area contributed by atoms with E-state index in [-0.39, 0.29) is 0 Å². The minimum Gasteiger partial charge on any atom is -0.493 e. The Morgan fingerprint density at radius 1 is 0.769 bits per heavy atom. The van der Waals surface area contributed by atoms with Gasteiger partial charge in [0.05, 0.1) is 21.3 Å². The summed E-state index contributed by atoms with van der Waals surface area (Å²) in [5.41, 5.74) is 0.738. The molecule has 0 spiro atoms. The highest BCUT2D eigenvalue weighted by Gasteiger charge is 2.13. The Hall–Kier alpha value is -3.55. The first-order chi connectivity index (χ1) is 12.7. The summed E-state index contributed by atoms with van der Waals surface area (Å²) >= 11 is 0. The van der Waals surface area contributed by atoms with E-state index in [1.807, 2.05) is 18.2 Å². The summed E-state index contributed by atoms with van der Waals surface area (Å²) in [5.74, 6) is 3.33. The van der Waals surface area contributed by atoms with Crippen LogP contribution in [0.2, 0.25) is 0 Å². The highest BCUT2D eigenvalue weighted by Crippen LogP contribution is 2.40. The molecule has 8 heteroatoms. The predicted molar refractivity (Wildman–Crippen MR) is 98.9 cm³/mol. The SMILES string of the molecule is COc1cc(Nc2ccnc(Nc3ccccn3)n2)cc(OC)c1OC. The number of ether oxygens (including phenoxy) is 3. The van der Waals surface area contributed by atoms with Gasteiger partial charge >= 0.3 is 0 Å². The van der Waals surface area contributed by atoms with Crippen LogP contribution < -0.4 is 24.8 Å². The van der Waals surface area contributed by atoms with Crippen molar-refractivity contribution in [3.8, 4) is 17.2 Å². The first-order valence-corrected chi connectivity index (χ1v) is 7.81. The topological polar surface area (TPSA) is 90.4 Å². The van der Waals surface area contributed by atoms with Crippen LogP contribution in [0, 0.1) is 0 Å². The third kappa shape index (κ3) is 3.92. The maximum atomic E-state index is 5.36. The lowest BCUT2D eigenvalue weighted by Crippen LogP contribution is -2.02. The van der Waals surface area contributed by atoms with E-state index in [4.69, 9.17) is 14.2 Å². The standard InChI is InChI=1S/C18H19N5O3/c1-24-13-10-12(11-14(25-2)17(13)26-3)21-16-7-9-20-18(23-16)22-15-6-4-5-8-19-15/h4-11H,1-3H3,(H2,19,20,21,22,23). The van der Waals surface area contributed by atoms with Gasteiger partial charge in [-0.2, -0.15) is 4.98 Å². The zero-order valence-electron chi connectivity index (χ0n) is 14.7. The normalized spacial score (nSPS) is 10.1. The average Bonchev–Trinajstić information content (AvgIpc) is 2.68. The molecule has 0 aliphatic carbocycles. The van der Waals surface area contributed by atoms with E-state index >= 15 is 0 Å².